The summed E-state index contributed by atoms with van der Waals surface area (Å²) in [4.78, 5) is 10.9. The monoisotopic (exact) mass is 184 g/mol. The summed E-state index contributed by atoms with van der Waals surface area (Å²) in [6.07, 6.45) is 2.53. The van der Waals surface area contributed by atoms with Crippen LogP contribution in [0.25, 0.3) is 6.08 Å². The molecule has 0 unspecified atom stereocenters. The highest BCUT2D eigenvalue weighted by atomic mass is 32.1. The van der Waals surface area contributed by atoms with Gasteiger partial charge in [0.15, 0.2) is 0 Å². The first-order valence-corrected chi connectivity index (χ1v) is 4.20. The van der Waals surface area contributed by atoms with Gasteiger partial charge in [-0.25, -0.2) is 4.79 Å². The Morgan fingerprint density at radius 1 is 1.67 bits per heavy atom. The van der Waals surface area contributed by atoms with Gasteiger partial charge in [-0.3, -0.25) is 0 Å². The van der Waals surface area contributed by atoms with E-state index in [4.69, 9.17) is 10.2 Å². The van der Waals surface area contributed by atoms with Crippen LogP contribution in [-0.4, -0.2) is 16.2 Å². The molecule has 0 aliphatic carbocycles. The maximum absolute atomic E-state index is 10.1. The van der Waals surface area contributed by atoms with Crippen LogP contribution in [0.3, 0.4) is 0 Å². The molecule has 12 heavy (non-hydrogen) atoms. The fourth-order valence-electron chi connectivity index (χ4n) is 0.789. The molecule has 2 N–H and O–H groups in total. The van der Waals surface area contributed by atoms with Crippen LogP contribution in [0.2, 0.25) is 0 Å². The number of hydrogen-bond donors (Lipinski definition) is 2. The third-order valence-corrected chi connectivity index (χ3v) is 2.25. The van der Waals surface area contributed by atoms with Gasteiger partial charge in [0, 0.05) is 11.0 Å². The molecule has 0 aromatic carbocycles. The Morgan fingerprint density at radius 3 is 3.00 bits per heavy atom. The minimum atomic E-state index is -0.981. The predicted octanol–water partition coefficient (Wildman–Crippen LogP) is 1.34. The average molecular weight is 184 g/mol. The van der Waals surface area contributed by atoms with E-state index in [-0.39, 0.29) is 6.61 Å². The highest BCUT2D eigenvalue weighted by molar-refractivity contribution is 7.10. The summed E-state index contributed by atoms with van der Waals surface area (Å²) < 4.78 is 0. The zero-order valence-electron chi connectivity index (χ0n) is 6.23. The maximum Gasteiger partial charge on any atom is 0.328 e. The molecule has 0 saturated heterocycles. The number of hydrogen-bond acceptors (Lipinski definition) is 3. The highest BCUT2D eigenvalue weighted by Gasteiger charge is 1.98. The summed E-state index contributed by atoms with van der Waals surface area (Å²) in [5, 5.41) is 18.9. The highest BCUT2D eigenvalue weighted by Crippen LogP contribution is 2.17. The van der Waals surface area contributed by atoms with Gasteiger partial charge in [0.05, 0.1) is 6.61 Å². The standard InChI is InChI=1S/C8H8O3S/c9-5-7-6(3-4-12-7)1-2-8(10)11/h1-4,9H,5H2,(H,10,11). The summed E-state index contributed by atoms with van der Waals surface area (Å²) in [7, 11) is 0. The van der Waals surface area contributed by atoms with Crippen molar-refractivity contribution in [2.75, 3.05) is 0 Å². The van der Waals surface area contributed by atoms with Crippen molar-refractivity contribution in [3.05, 3.63) is 28.0 Å². The number of thiophene rings is 1. The average Bonchev–Trinajstić information content (AvgIpc) is 2.47. The van der Waals surface area contributed by atoms with Crippen LogP contribution in [-0.2, 0) is 11.4 Å². The van der Waals surface area contributed by atoms with E-state index in [0.29, 0.717) is 0 Å². The molecule has 64 valence electrons. The van der Waals surface area contributed by atoms with Gasteiger partial charge < -0.3 is 10.2 Å². The molecule has 0 fully saturated rings. The van der Waals surface area contributed by atoms with Crippen molar-refractivity contribution in [2.45, 2.75) is 6.61 Å². The Hall–Kier alpha value is -1.13. The van der Waals surface area contributed by atoms with Crippen molar-refractivity contribution in [3.63, 3.8) is 0 Å². The number of carbonyl (C=O) groups is 1. The van der Waals surface area contributed by atoms with Crippen LogP contribution in [0.15, 0.2) is 17.5 Å². The first-order valence-electron chi connectivity index (χ1n) is 3.32. The van der Waals surface area contributed by atoms with Gasteiger partial charge in [-0.05, 0) is 23.1 Å². The molecule has 1 aromatic rings. The smallest absolute Gasteiger partial charge is 0.328 e. The topological polar surface area (TPSA) is 57.5 Å². The van der Waals surface area contributed by atoms with E-state index in [1.807, 2.05) is 5.38 Å². The first kappa shape index (κ1) is 8.96. The minimum absolute atomic E-state index is 0.0447. The number of rotatable bonds is 3. The molecule has 0 aliphatic rings. The molecule has 1 rings (SSSR count). The third-order valence-electron chi connectivity index (χ3n) is 1.33. The van der Waals surface area contributed by atoms with Gasteiger partial charge in [-0.2, -0.15) is 0 Å². The molecule has 0 amide bonds. The lowest BCUT2D eigenvalue weighted by Crippen LogP contribution is -1.86. The van der Waals surface area contributed by atoms with E-state index in [2.05, 4.69) is 0 Å². The number of aliphatic hydroxyl groups is 1. The Balaban J connectivity index is 2.81. The SMILES string of the molecule is O=C(O)C=Cc1ccsc1CO. The number of aliphatic hydroxyl groups excluding tert-OH is 1. The number of carboxylic acids is 1. The van der Waals surface area contributed by atoms with Gasteiger partial charge in [0.2, 0.25) is 0 Å². The van der Waals surface area contributed by atoms with Crippen molar-refractivity contribution in [1.82, 2.24) is 0 Å². The molecule has 1 heterocycles. The van der Waals surface area contributed by atoms with Crippen LogP contribution in [0, 0.1) is 0 Å². The molecule has 3 nitrogen and oxygen atoms in total. The number of aliphatic carboxylic acids is 1. The van der Waals surface area contributed by atoms with Gasteiger partial charge in [0.1, 0.15) is 0 Å². The summed E-state index contributed by atoms with van der Waals surface area (Å²) in [6.45, 7) is -0.0447. The van der Waals surface area contributed by atoms with Crippen molar-refractivity contribution >= 4 is 23.4 Å². The maximum atomic E-state index is 10.1. The van der Waals surface area contributed by atoms with E-state index in [9.17, 15) is 4.79 Å². The summed E-state index contributed by atoms with van der Waals surface area (Å²) >= 11 is 1.41. The van der Waals surface area contributed by atoms with Crippen molar-refractivity contribution < 1.29 is 15.0 Å². The molecule has 0 bridgehead atoms. The van der Waals surface area contributed by atoms with Gasteiger partial charge >= 0.3 is 5.97 Å². The molecular formula is C8H8O3S. The zero-order chi connectivity index (χ0) is 8.97. The van der Waals surface area contributed by atoms with Gasteiger partial charge in [-0.1, -0.05) is 0 Å². The zero-order valence-corrected chi connectivity index (χ0v) is 7.04. The molecule has 0 atom stereocenters. The van der Waals surface area contributed by atoms with Crippen molar-refractivity contribution in [2.24, 2.45) is 0 Å². The second-order valence-corrected chi connectivity index (χ2v) is 3.13. The summed E-state index contributed by atoms with van der Waals surface area (Å²) in [5.74, 6) is -0.981. The lowest BCUT2D eigenvalue weighted by Gasteiger charge is -1.90. The molecule has 0 aliphatic heterocycles. The van der Waals surface area contributed by atoms with E-state index in [0.717, 1.165) is 16.5 Å². The fraction of sp³-hybridized carbons (Fsp3) is 0.125. The second kappa shape index (κ2) is 4.04. The predicted molar refractivity (Wildman–Crippen MR) is 46.9 cm³/mol. The van der Waals surface area contributed by atoms with E-state index < -0.39 is 5.97 Å². The van der Waals surface area contributed by atoms with E-state index in [1.165, 1.54) is 17.4 Å². The minimum Gasteiger partial charge on any atom is -0.478 e. The largest absolute Gasteiger partial charge is 0.478 e. The van der Waals surface area contributed by atoms with E-state index >= 15 is 0 Å². The Labute approximate surface area is 73.6 Å². The summed E-state index contributed by atoms with van der Waals surface area (Å²) in [6, 6.07) is 1.77. The molecule has 0 spiro atoms. The Morgan fingerprint density at radius 2 is 2.42 bits per heavy atom. The Bertz CT molecular complexity index is 301. The van der Waals surface area contributed by atoms with Crippen LogP contribution in [0.5, 0.6) is 0 Å². The van der Waals surface area contributed by atoms with Gasteiger partial charge in [0.25, 0.3) is 0 Å². The van der Waals surface area contributed by atoms with Crippen LogP contribution in [0.4, 0.5) is 0 Å². The fourth-order valence-corrected chi connectivity index (χ4v) is 1.51. The van der Waals surface area contributed by atoms with Crippen molar-refractivity contribution in [3.8, 4) is 0 Å². The lowest BCUT2D eigenvalue weighted by molar-refractivity contribution is -0.131. The summed E-state index contributed by atoms with van der Waals surface area (Å²) in [5.41, 5.74) is 0.768. The van der Waals surface area contributed by atoms with Crippen molar-refractivity contribution in [1.29, 1.82) is 0 Å². The Kier molecular flexibility index (Phi) is 3.01. The first-order chi connectivity index (χ1) is 5.74. The third kappa shape index (κ3) is 2.18. The van der Waals surface area contributed by atoms with Crippen LogP contribution >= 0.6 is 11.3 Å². The molecule has 0 saturated carbocycles. The molecule has 4 heteroatoms. The molecular weight excluding hydrogens is 176 g/mol. The lowest BCUT2D eigenvalue weighted by atomic mass is 10.2. The second-order valence-electron chi connectivity index (χ2n) is 2.13. The van der Waals surface area contributed by atoms with Crippen LogP contribution in [0.1, 0.15) is 10.4 Å². The molecule has 0 radical (unpaired) electrons. The van der Waals surface area contributed by atoms with Gasteiger partial charge in [-0.15, -0.1) is 11.3 Å². The van der Waals surface area contributed by atoms with Crippen LogP contribution < -0.4 is 0 Å². The normalized spacial score (nSPS) is 10.8. The quantitative estimate of drug-likeness (QED) is 0.697. The van der Waals surface area contributed by atoms with E-state index in [1.54, 1.807) is 6.07 Å². The number of carboxylic acid groups (broad SMARTS) is 1. The molecule has 1 aromatic heterocycles.